The molecule has 1 aromatic carbocycles. The molecule has 1 aliphatic carbocycles. The van der Waals surface area contributed by atoms with Crippen molar-refractivity contribution in [1.82, 2.24) is 10.4 Å². The number of carbonyl (C=O) groups is 2. The molecule has 27 heavy (non-hydrogen) atoms. The summed E-state index contributed by atoms with van der Waals surface area (Å²) in [5, 5.41) is 9.30. The summed E-state index contributed by atoms with van der Waals surface area (Å²) < 4.78 is 5.42. The van der Waals surface area contributed by atoms with E-state index in [1.165, 1.54) is 0 Å². The van der Waals surface area contributed by atoms with Crippen molar-refractivity contribution in [2.75, 3.05) is 13.7 Å². The molecule has 0 spiro atoms. The van der Waals surface area contributed by atoms with Crippen LogP contribution in [0.2, 0.25) is 0 Å². The summed E-state index contributed by atoms with van der Waals surface area (Å²) in [5.41, 5.74) is 3.29. The minimum Gasteiger partial charge on any atom is -0.381 e. The lowest BCUT2D eigenvalue weighted by Gasteiger charge is -2.37. The van der Waals surface area contributed by atoms with Gasteiger partial charge in [-0.1, -0.05) is 29.8 Å². The summed E-state index contributed by atoms with van der Waals surface area (Å²) in [4.78, 5) is 27.6. The van der Waals surface area contributed by atoms with E-state index < -0.39 is 17.4 Å². The minimum absolute atomic E-state index is 0.0335. The molecule has 1 heterocycles. The molecule has 148 valence electrons. The standard InChI is InChI=1S/C21H30N2O4/c1-14-4-8-16(9-5-14)21(2)12-13-23(20(21)25)18(19(24)22-26)15-6-10-17(27-3)11-7-15/h4-5,8-9,15,17-18,26H,6-7,10-13H2,1-3H3,(H,22,24)/t15?,17?,18-,21?/m1/s1. The fourth-order valence-corrected chi connectivity index (χ4v) is 4.64. The van der Waals surface area contributed by atoms with Crippen LogP contribution in [0.25, 0.3) is 0 Å². The number of hydroxylamine groups is 1. The van der Waals surface area contributed by atoms with Crippen LogP contribution in [-0.4, -0.2) is 47.7 Å². The Hall–Kier alpha value is -1.92. The third-order valence-electron chi connectivity index (χ3n) is 6.49. The summed E-state index contributed by atoms with van der Waals surface area (Å²) >= 11 is 0. The van der Waals surface area contributed by atoms with Crippen LogP contribution in [0.4, 0.5) is 0 Å². The lowest BCUT2D eigenvalue weighted by atomic mass is 9.79. The van der Waals surface area contributed by atoms with Crippen molar-refractivity contribution < 1.29 is 19.5 Å². The Labute approximate surface area is 160 Å². The van der Waals surface area contributed by atoms with Crippen LogP contribution in [-0.2, 0) is 19.7 Å². The molecule has 1 aromatic rings. The number of hydrogen-bond acceptors (Lipinski definition) is 4. The van der Waals surface area contributed by atoms with Crippen LogP contribution in [0.15, 0.2) is 24.3 Å². The maximum Gasteiger partial charge on any atom is 0.266 e. The number of rotatable bonds is 5. The highest BCUT2D eigenvalue weighted by Crippen LogP contribution is 2.39. The fourth-order valence-electron chi connectivity index (χ4n) is 4.64. The average molecular weight is 374 g/mol. The number of likely N-dealkylation sites (tertiary alicyclic amines) is 1. The van der Waals surface area contributed by atoms with Crippen molar-refractivity contribution in [2.45, 2.75) is 63.5 Å². The fraction of sp³-hybridized carbons (Fsp3) is 0.619. The van der Waals surface area contributed by atoms with Crippen molar-refractivity contribution in [1.29, 1.82) is 0 Å². The highest BCUT2D eigenvalue weighted by molar-refractivity contribution is 5.94. The highest BCUT2D eigenvalue weighted by atomic mass is 16.5. The largest absolute Gasteiger partial charge is 0.381 e. The van der Waals surface area contributed by atoms with Gasteiger partial charge in [-0.2, -0.15) is 0 Å². The van der Waals surface area contributed by atoms with Crippen molar-refractivity contribution in [3.05, 3.63) is 35.4 Å². The average Bonchev–Trinajstić information content (AvgIpc) is 2.99. The number of aryl methyl sites for hydroxylation is 1. The molecule has 3 rings (SSSR count). The van der Waals surface area contributed by atoms with Gasteiger partial charge in [0.2, 0.25) is 5.91 Å². The first-order valence-corrected chi connectivity index (χ1v) is 9.75. The molecule has 1 aliphatic heterocycles. The topological polar surface area (TPSA) is 78.9 Å². The minimum atomic E-state index is -0.634. The number of amides is 2. The predicted molar refractivity (Wildman–Crippen MR) is 101 cm³/mol. The van der Waals surface area contributed by atoms with Crippen LogP contribution in [0.1, 0.15) is 50.2 Å². The molecule has 0 radical (unpaired) electrons. The first kappa shape index (κ1) is 19.8. The summed E-state index contributed by atoms with van der Waals surface area (Å²) in [5.74, 6) is -0.487. The number of nitrogens with zero attached hydrogens (tertiary/aromatic N) is 1. The van der Waals surface area contributed by atoms with Gasteiger partial charge in [-0.15, -0.1) is 0 Å². The Morgan fingerprint density at radius 1 is 1.26 bits per heavy atom. The second-order valence-electron chi connectivity index (χ2n) is 8.14. The third-order valence-corrected chi connectivity index (χ3v) is 6.49. The SMILES string of the molecule is COC1CCC([C@H](C(=O)NO)N2CCC(C)(c3ccc(C)cc3)C2=O)CC1. The summed E-state index contributed by atoms with van der Waals surface area (Å²) in [6.45, 7) is 4.49. The molecule has 2 aliphatic rings. The van der Waals surface area contributed by atoms with Crippen molar-refractivity contribution >= 4 is 11.8 Å². The zero-order chi connectivity index (χ0) is 19.6. The summed E-state index contributed by atoms with van der Waals surface area (Å²) in [7, 11) is 1.71. The summed E-state index contributed by atoms with van der Waals surface area (Å²) in [6, 6.07) is 7.40. The monoisotopic (exact) mass is 374 g/mol. The normalized spacial score (nSPS) is 29.6. The van der Waals surface area contributed by atoms with Gasteiger partial charge in [0.25, 0.3) is 5.91 Å². The van der Waals surface area contributed by atoms with Crippen LogP contribution in [0, 0.1) is 12.8 Å². The zero-order valence-electron chi connectivity index (χ0n) is 16.4. The van der Waals surface area contributed by atoms with Gasteiger partial charge in [0.15, 0.2) is 0 Å². The van der Waals surface area contributed by atoms with Gasteiger partial charge in [0, 0.05) is 13.7 Å². The molecule has 2 fully saturated rings. The molecule has 2 N–H and O–H groups in total. The van der Waals surface area contributed by atoms with Gasteiger partial charge in [0.1, 0.15) is 6.04 Å². The van der Waals surface area contributed by atoms with Crippen LogP contribution >= 0.6 is 0 Å². The maximum atomic E-state index is 13.4. The smallest absolute Gasteiger partial charge is 0.266 e. The van der Waals surface area contributed by atoms with Crippen molar-refractivity contribution in [3.63, 3.8) is 0 Å². The second-order valence-corrected chi connectivity index (χ2v) is 8.14. The number of carbonyl (C=O) groups excluding carboxylic acids is 2. The van der Waals surface area contributed by atoms with Crippen LogP contribution in [0.5, 0.6) is 0 Å². The Morgan fingerprint density at radius 3 is 2.44 bits per heavy atom. The number of nitrogens with one attached hydrogen (secondary N) is 1. The lowest BCUT2D eigenvalue weighted by molar-refractivity contribution is -0.147. The van der Waals surface area contributed by atoms with Gasteiger partial charge in [-0.25, -0.2) is 5.48 Å². The van der Waals surface area contributed by atoms with Gasteiger partial charge in [-0.05, 0) is 57.4 Å². The number of methoxy groups -OCH3 is 1. The van der Waals surface area contributed by atoms with Gasteiger partial charge >= 0.3 is 0 Å². The van der Waals surface area contributed by atoms with E-state index in [4.69, 9.17) is 4.74 Å². The lowest BCUT2D eigenvalue weighted by Crippen LogP contribution is -2.53. The van der Waals surface area contributed by atoms with E-state index >= 15 is 0 Å². The van der Waals surface area contributed by atoms with E-state index in [0.29, 0.717) is 13.0 Å². The Bertz CT molecular complexity index is 682. The van der Waals surface area contributed by atoms with E-state index in [1.807, 2.05) is 38.1 Å². The van der Waals surface area contributed by atoms with E-state index in [-0.39, 0.29) is 17.9 Å². The van der Waals surface area contributed by atoms with E-state index in [1.54, 1.807) is 17.5 Å². The molecule has 1 saturated heterocycles. The molecular formula is C21H30N2O4. The van der Waals surface area contributed by atoms with Gasteiger partial charge < -0.3 is 9.64 Å². The third kappa shape index (κ3) is 3.73. The molecular weight excluding hydrogens is 344 g/mol. The van der Waals surface area contributed by atoms with Gasteiger partial charge in [0.05, 0.1) is 11.5 Å². The molecule has 1 unspecified atom stereocenters. The van der Waals surface area contributed by atoms with E-state index in [9.17, 15) is 14.8 Å². The first-order chi connectivity index (χ1) is 12.9. The second kappa shape index (κ2) is 7.98. The van der Waals surface area contributed by atoms with E-state index in [0.717, 1.165) is 36.8 Å². The molecule has 1 saturated carbocycles. The number of ether oxygens (including phenoxy) is 1. The van der Waals surface area contributed by atoms with Crippen molar-refractivity contribution in [2.24, 2.45) is 5.92 Å². The molecule has 6 nitrogen and oxygen atoms in total. The highest BCUT2D eigenvalue weighted by Gasteiger charge is 2.49. The predicted octanol–water partition coefficient (Wildman–Crippen LogP) is 2.56. The molecule has 0 aromatic heterocycles. The Balaban J connectivity index is 1.83. The molecule has 0 bridgehead atoms. The zero-order valence-corrected chi connectivity index (χ0v) is 16.4. The Morgan fingerprint density at radius 2 is 1.89 bits per heavy atom. The van der Waals surface area contributed by atoms with Gasteiger partial charge in [-0.3, -0.25) is 14.8 Å². The number of benzene rings is 1. The first-order valence-electron chi connectivity index (χ1n) is 9.75. The van der Waals surface area contributed by atoms with E-state index in [2.05, 4.69) is 0 Å². The quantitative estimate of drug-likeness (QED) is 0.613. The molecule has 2 atom stereocenters. The van der Waals surface area contributed by atoms with Crippen molar-refractivity contribution in [3.8, 4) is 0 Å². The van der Waals surface area contributed by atoms with Crippen LogP contribution in [0.3, 0.4) is 0 Å². The Kier molecular flexibility index (Phi) is 5.86. The number of hydrogen-bond donors (Lipinski definition) is 2. The molecule has 2 amide bonds. The molecule has 6 heteroatoms. The summed E-state index contributed by atoms with van der Waals surface area (Å²) in [6.07, 6.45) is 4.23. The van der Waals surface area contributed by atoms with Crippen LogP contribution < -0.4 is 5.48 Å². The maximum absolute atomic E-state index is 13.4.